The molecule has 156 valence electrons. The Kier molecular flexibility index (Phi) is 23.2. The van der Waals surface area contributed by atoms with Crippen LogP contribution < -0.4 is 0 Å². The van der Waals surface area contributed by atoms with E-state index in [0.717, 1.165) is 19.1 Å². The van der Waals surface area contributed by atoms with E-state index in [1.54, 1.807) is 6.92 Å². The minimum absolute atomic E-state index is 0.237. The lowest BCUT2D eigenvalue weighted by Crippen LogP contribution is -2.07. The Morgan fingerprint density at radius 2 is 1.56 bits per heavy atom. The molecule has 0 radical (unpaired) electrons. The second-order valence-corrected chi connectivity index (χ2v) is 5.10. The predicted octanol–water partition coefficient (Wildman–Crippen LogP) is 4.39. The minimum Gasteiger partial charge on any atom is -0.502 e. The molecule has 0 aliphatic carbocycles. The van der Waals surface area contributed by atoms with Crippen LogP contribution in [0.5, 0.6) is 0 Å². The van der Waals surface area contributed by atoms with E-state index >= 15 is 0 Å². The summed E-state index contributed by atoms with van der Waals surface area (Å²) < 4.78 is 13.5. The van der Waals surface area contributed by atoms with E-state index in [-0.39, 0.29) is 18.5 Å². The van der Waals surface area contributed by atoms with Gasteiger partial charge >= 0.3 is 17.9 Å². The smallest absolute Gasteiger partial charge is 0.372 e. The third-order valence-electron chi connectivity index (χ3n) is 2.71. The second kappa shape index (κ2) is 21.5. The monoisotopic (exact) mass is 386 g/mol. The Balaban J connectivity index is -0.000000351. The third kappa shape index (κ3) is 25.8. The van der Waals surface area contributed by atoms with Gasteiger partial charge in [0.2, 0.25) is 0 Å². The first-order valence-electron chi connectivity index (χ1n) is 8.85. The van der Waals surface area contributed by atoms with Crippen molar-refractivity contribution in [2.75, 3.05) is 13.2 Å². The van der Waals surface area contributed by atoms with E-state index in [0.29, 0.717) is 18.6 Å². The zero-order valence-corrected chi connectivity index (χ0v) is 17.0. The highest BCUT2D eigenvalue weighted by atomic mass is 16.5. The van der Waals surface area contributed by atoms with Crippen molar-refractivity contribution < 1.29 is 33.7 Å². The summed E-state index contributed by atoms with van der Waals surface area (Å²) in [6, 6.07) is 0. The maximum absolute atomic E-state index is 11.1. The number of ether oxygens (including phenoxy) is 3. The molecule has 0 aromatic heterocycles. The van der Waals surface area contributed by atoms with E-state index in [1.165, 1.54) is 19.8 Å². The normalized spacial score (nSPS) is 8.59. The molecular formula is C20H34O7. The summed E-state index contributed by atoms with van der Waals surface area (Å²) in [5, 5.41) is 8.28. The molecule has 0 aliphatic rings. The number of unbranched alkanes of at least 4 members (excludes halogenated alkanes) is 3. The number of aliphatic hydroxyl groups is 1. The van der Waals surface area contributed by atoms with Crippen LogP contribution in [0.4, 0.5) is 0 Å². The highest BCUT2D eigenvalue weighted by Gasteiger charge is 2.04. The van der Waals surface area contributed by atoms with Crippen molar-refractivity contribution in [1.82, 2.24) is 0 Å². The van der Waals surface area contributed by atoms with Gasteiger partial charge in [0, 0.05) is 12.5 Å². The zero-order chi connectivity index (χ0) is 21.7. The number of carbonyl (C=O) groups is 3. The van der Waals surface area contributed by atoms with Gasteiger partial charge in [-0.1, -0.05) is 46.3 Å². The lowest BCUT2D eigenvalue weighted by atomic mass is 10.2. The van der Waals surface area contributed by atoms with Crippen molar-refractivity contribution in [2.45, 2.75) is 59.8 Å². The molecule has 0 saturated carbocycles. The van der Waals surface area contributed by atoms with Crippen LogP contribution in [0.2, 0.25) is 0 Å². The summed E-state index contributed by atoms with van der Waals surface area (Å²) >= 11 is 0. The fourth-order valence-electron chi connectivity index (χ4n) is 1.27. The standard InChI is InChI=1S/C11H20O2.C5H8O3.C4H6O2/c1-4-6-7-8-9-13-11(12)10(3)5-2;1-3-8-5(7)4(2)6;1-3-6-4(2)5/h3-9H2,1-2H3;6H,2-3H2,1H3;3H,1H2,2H3. The summed E-state index contributed by atoms with van der Waals surface area (Å²) in [5.74, 6) is -1.87. The van der Waals surface area contributed by atoms with Crippen molar-refractivity contribution in [3.05, 3.63) is 37.3 Å². The molecule has 0 aliphatic heterocycles. The van der Waals surface area contributed by atoms with Gasteiger partial charge in [0.25, 0.3) is 0 Å². The van der Waals surface area contributed by atoms with Gasteiger partial charge in [-0.15, -0.1) is 0 Å². The highest BCUT2D eigenvalue weighted by molar-refractivity contribution is 5.87. The molecule has 0 bridgehead atoms. The van der Waals surface area contributed by atoms with E-state index in [4.69, 9.17) is 9.84 Å². The van der Waals surface area contributed by atoms with Gasteiger partial charge in [-0.05, 0) is 26.3 Å². The largest absolute Gasteiger partial charge is 0.502 e. The SMILES string of the molecule is C=C(CC)C(=O)OCCCCCC.C=C(O)C(=O)OCC.C=COC(C)=O. The molecule has 0 saturated heterocycles. The van der Waals surface area contributed by atoms with Crippen molar-refractivity contribution >= 4 is 17.9 Å². The number of esters is 3. The summed E-state index contributed by atoms with van der Waals surface area (Å²) in [7, 11) is 0. The fourth-order valence-corrected chi connectivity index (χ4v) is 1.27. The zero-order valence-electron chi connectivity index (χ0n) is 17.0. The van der Waals surface area contributed by atoms with E-state index in [9.17, 15) is 14.4 Å². The molecule has 0 aromatic rings. The Morgan fingerprint density at radius 1 is 0.963 bits per heavy atom. The fraction of sp³-hybridized carbons (Fsp3) is 0.550. The average molecular weight is 386 g/mol. The van der Waals surface area contributed by atoms with Crippen LogP contribution in [0.15, 0.2) is 37.3 Å². The highest BCUT2D eigenvalue weighted by Crippen LogP contribution is 2.03. The first-order valence-corrected chi connectivity index (χ1v) is 8.85. The molecule has 0 amide bonds. The van der Waals surface area contributed by atoms with E-state index in [2.05, 4.69) is 36.1 Å². The van der Waals surface area contributed by atoms with Gasteiger partial charge in [-0.3, -0.25) is 4.79 Å². The van der Waals surface area contributed by atoms with Crippen LogP contribution >= 0.6 is 0 Å². The summed E-state index contributed by atoms with van der Waals surface area (Å²) in [5.41, 5.74) is 0.565. The van der Waals surface area contributed by atoms with Gasteiger partial charge in [0.05, 0.1) is 19.5 Å². The molecule has 0 spiro atoms. The van der Waals surface area contributed by atoms with E-state index in [1.807, 2.05) is 6.92 Å². The first kappa shape index (κ1) is 29.2. The van der Waals surface area contributed by atoms with Crippen LogP contribution in [0.25, 0.3) is 0 Å². The predicted molar refractivity (Wildman–Crippen MR) is 105 cm³/mol. The van der Waals surface area contributed by atoms with Gasteiger partial charge in [0.1, 0.15) is 0 Å². The van der Waals surface area contributed by atoms with Crippen LogP contribution in [0.3, 0.4) is 0 Å². The van der Waals surface area contributed by atoms with Crippen LogP contribution in [0, 0.1) is 0 Å². The summed E-state index contributed by atoms with van der Waals surface area (Å²) in [6.07, 6.45) is 6.30. The Hall–Kier alpha value is -2.57. The van der Waals surface area contributed by atoms with E-state index < -0.39 is 11.7 Å². The number of hydrogen-bond acceptors (Lipinski definition) is 7. The molecule has 0 rings (SSSR count). The van der Waals surface area contributed by atoms with Crippen LogP contribution in [-0.2, 0) is 28.6 Å². The Morgan fingerprint density at radius 3 is 1.85 bits per heavy atom. The molecule has 0 atom stereocenters. The first-order chi connectivity index (χ1) is 12.7. The Labute approximate surface area is 162 Å². The number of rotatable bonds is 10. The quantitative estimate of drug-likeness (QED) is 0.195. The molecule has 0 fully saturated rings. The lowest BCUT2D eigenvalue weighted by Gasteiger charge is -2.04. The maximum atomic E-state index is 11.1. The minimum atomic E-state index is -0.757. The van der Waals surface area contributed by atoms with Gasteiger partial charge in [0.15, 0.2) is 5.76 Å². The third-order valence-corrected chi connectivity index (χ3v) is 2.71. The molecule has 1 N–H and O–H groups in total. The average Bonchev–Trinajstić information content (AvgIpc) is 2.61. The second-order valence-electron chi connectivity index (χ2n) is 5.10. The lowest BCUT2D eigenvalue weighted by molar-refractivity contribution is -0.141. The number of hydrogen-bond donors (Lipinski definition) is 1. The number of aliphatic hydroxyl groups excluding tert-OH is 1. The van der Waals surface area contributed by atoms with Gasteiger partial charge < -0.3 is 19.3 Å². The number of carbonyl (C=O) groups excluding carboxylic acids is 3. The molecule has 0 heterocycles. The molecule has 7 heteroatoms. The molecule has 7 nitrogen and oxygen atoms in total. The summed E-state index contributed by atoms with van der Waals surface area (Å²) in [6.45, 7) is 17.6. The van der Waals surface area contributed by atoms with Crippen molar-refractivity contribution in [3.8, 4) is 0 Å². The molecule has 27 heavy (non-hydrogen) atoms. The molecule has 0 unspecified atom stereocenters. The van der Waals surface area contributed by atoms with Crippen molar-refractivity contribution in [1.29, 1.82) is 0 Å². The topological polar surface area (TPSA) is 99.1 Å². The van der Waals surface area contributed by atoms with Crippen LogP contribution in [0.1, 0.15) is 59.8 Å². The van der Waals surface area contributed by atoms with Gasteiger partial charge in [-0.2, -0.15) is 0 Å². The molecule has 0 aromatic carbocycles. The van der Waals surface area contributed by atoms with Gasteiger partial charge in [-0.25, -0.2) is 9.59 Å². The molecular weight excluding hydrogens is 352 g/mol. The van der Waals surface area contributed by atoms with Crippen LogP contribution in [-0.4, -0.2) is 36.2 Å². The van der Waals surface area contributed by atoms with Crippen molar-refractivity contribution in [3.63, 3.8) is 0 Å². The Bertz CT molecular complexity index is 467. The maximum Gasteiger partial charge on any atom is 0.372 e. The summed E-state index contributed by atoms with van der Waals surface area (Å²) in [4.78, 5) is 31.0. The van der Waals surface area contributed by atoms with Crippen molar-refractivity contribution in [2.24, 2.45) is 0 Å².